The van der Waals surface area contributed by atoms with Crippen molar-refractivity contribution in [2.24, 2.45) is 7.05 Å². The topological polar surface area (TPSA) is 51.1 Å². The van der Waals surface area contributed by atoms with Gasteiger partial charge >= 0.3 is 0 Å². The molecule has 2 heterocycles. The van der Waals surface area contributed by atoms with Crippen LogP contribution in [0.4, 0.5) is 0 Å². The van der Waals surface area contributed by atoms with Gasteiger partial charge in [0.15, 0.2) is 0 Å². The largest absolute Gasteiger partial charge is 0.348 e. The molecule has 4 nitrogen and oxygen atoms in total. The minimum Gasteiger partial charge on any atom is -0.348 e. The molecule has 2 rings (SSSR count). The van der Waals surface area contributed by atoms with Crippen LogP contribution in [0.1, 0.15) is 23.2 Å². The maximum Gasteiger partial charge on any atom is 0.251 e. The molecule has 1 unspecified atom stereocenters. The first-order valence-electron chi connectivity index (χ1n) is 5.72. The van der Waals surface area contributed by atoms with Gasteiger partial charge in [-0.05, 0) is 24.7 Å². The van der Waals surface area contributed by atoms with E-state index in [1.54, 1.807) is 19.3 Å². The molecule has 1 amide bonds. The van der Waals surface area contributed by atoms with Crippen molar-refractivity contribution in [3.05, 3.63) is 34.2 Å². The van der Waals surface area contributed by atoms with E-state index >= 15 is 0 Å². The number of hydrogen-bond acceptors (Lipinski definition) is 3. The van der Waals surface area contributed by atoms with Gasteiger partial charge in [-0.1, -0.05) is 0 Å². The number of carbonyl (C=O) groups excluding carboxylic acids is 1. The first kappa shape index (κ1) is 12.2. The molecule has 0 aliphatic carbocycles. The molecule has 0 saturated carbocycles. The lowest BCUT2D eigenvalue weighted by molar-refractivity contribution is 0.0938. The number of hydrogen-bond donors (Lipinski definition) is 1. The Morgan fingerprint density at radius 1 is 1.59 bits per heavy atom. The molecule has 1 aromatic heterocycles. The quantitative estimate of drug-likeness (QED) is 0.854. The summed E-state index contributed by atoms with van der Waals surface area (Å²) in [5.41, 5.74) is 0.291. The zero-order valence-electron chi connectivity index (χ0n) is 9.81. The molecule has 0 aromatic carbocycles. The van der Waals surface area contributed by atoms with E-state index in [1.807, 2.05) is 11.8 Å². The third-order valence-corrected chi connectivity index (χ3v) is 4.08. The number of pyridine rings is 1. The van der Waals surface area contributed by atoms with Gasteiger partial charge < -0.3 is 9.88 Å². The average molecular weight is 252 g/mol. The van der Waals surface area contributed by atoms with Crippen molar-refractivity contribution < 1.29 is 4.79 Å². The van der Waals surface area contributed by atoms with Gasteiger partial charge in [-0.3, -0.25) is 9.59 Å². The summed E-state index contributed by atoms with van der Waals surface area (Å²) in [6.45, 7) is 0. The van der Waals surface area contributed by atoms with Gasteiger partial charge in [0, 0.05) is 36.7 Å². The third kappa shape index (κ3) is 3.12. The van der Waals surface area contributed by atoms with Gasteiger partial charge in [0.05, 0.1) is 0 Å². The van der Waals surface area contributed by atoms with Crippen molar-refractivity contribution in [1.82, 2.24) is 9.88 Å². The maximum absolute atomic E-state index is 11.9. The summed E-state index contributed by atoms with van der Waals surface area (Å²) in [7, 11) is 1.67. The minimum atomic E-state index is -0.157. The molecule has 1 N–H and O–H groups in total. The summed E-state index contributed by atoms with van der Waals surface area (Å²) >= 11 is 1.87. The second-order valence-electron chi connectivity index (χ2n) is 4.25. The van der Waals surface area contributed by atoms with E-state index in [4.69, 9.17) is 0 Å². The number of thioether (sulfide) groups is 1. The minimum absolute atomic E-state index is 0.143. The highest BCUT2D eigenvalue weighted by Crippen LogP contribution is 2.17. The van der Waals surface area contributed by atoms with Gasteiger partial charge in [0.25, 0.3) is 11.5 Å². The van der Waals surface area contributed by atoms with Crippen molar-refractivity contribution in [3.8, 4) is 0 Å². The van der Waals surface area contributed by atoms with Gasteiger partial charge in [-0.15, -0.1) is 0 Å². The first-order chi connectivity index (χ1) is 8.16. The van der Waals surface area contributed by atoms with Crippen molar-refractivity contribution in [1.29, 1.82) is 0 Å². The smallest absolute Gasteiger partial charge is 0.251 e. The molecular formula is C12H16N2O2S. The summed E-state index contributed by atoms with van der Waals surface area (Å²) in [5, 5.41) is 2.97. The van der Waals surface area contributed by atoms with Crippen molar-refractivity contribution in [2.45, 2.75) is 18.9 Å². The molecule has 5 heteroatoms. The molecule has 1 fully saturated rings. The fourth-order valence-corrected chi connectivity index (χ4v) is 2.89. The molecule has 1 aliphatic rings. The number of rotatable bonds is 2. The normalized spacial score (nSPS) is 19.9. The average Bonchev–Trinajstić information content (AvgIpc) is 2.34. The molecule has 1 atom stereocenters. The van der Waals surface area contributed by atoms with Crippen LogP contribution in [0.25, 0.3) is 0 Å². The van der Waals surface area contributed by atoms with E-state index in [0.29, 0.717) is 5.56 Å². The SMILES string of the molecule is Cn1ccc(C(=O)NC2CCCSC2)cc1=O. The van der Waals surface area contributed by atoms with E-state index in [2.05, 4.69) is 5.32 Å². The Morgan fingerprint density at radius 2 is 2.41 bits per heavy atom. The second-order valence-corrected chi connectivity index (χ2v) is 5.40. The zero-order valence-corrected chi connectivity index (χ0v) is 10.6. The van der Waals surface area contributed by atoms with Crippen LogP contribution in [0.3, 0.4) is 0 Å². The van der Waals surface area contributed by atoms with Gasteiger partial charge in [-0.25, -0.2) is 0 Å². The second kappa shape index (κ2) is 5.40. The lowest BCUT2D eigenvalue weighted by Crippen LogP contribution is -2.38. The Labute approximate surface area is 104 Å². The number of carbonyl (C=O) groups is 1. The van der Waals surface area contributed by atoms with Gasteiger partial charge in [0.1, 0.15) is 0 Å². The molecular weight excluding hydrogens is 236 g/mol. The van der Waals surface area contributed by atoms with Crippen LogP contribution in [-0.4, -0.2) is 28.0 Å². The van der Waals surface area contributed by atoms with E-state index in [1.165, 1.54) is 16.4 Å². The Balaban J connectivity index is 2.03. The Kier molecular flexibility index (Phi) is 3.89. The van der Waals surface area contributed by atoms with Crippen LogP contribution >= 0.6 is 11.8 Å². The molecule has 0 spiro atoms. The predicted molar refractivity (Wildman–Crippen MR) is 69.5 cm³/mol. The molecule has 92 valence electrons. The van der Waals surface area contributed by atoms with E-state index in [0.717, 1.165) is 18.6 Å². The van der Waals surface area contributed by atoms with Crippen LogP contribution < -0.4 is 10.9 Å². The monoisotopic (exact) mass is 252 g/mol. The van der Waals surface area contributed by atoms with E-state index in [-0.39, 0.29) is 17.5 Å². The van der Waals surface area contributed by atoms with E-state index < -0.39 is 0 Å². The van der Waals surface area contributed by atoms with Crippen LogP contribution in [-0.2, 0) is 7.05 Å². The Morgan fingerprint density at radius 3 is 3.06 bits per heavy atom. The highest BCUT2D eigenvalue weighted by molar-refractivity contribution is 7.99. The Bertz CT molecular complexity index is 464. The molecule has 17 heavy (non-hydrogen) atoms. The summed E-state index contributed by atoms with van der Waals surface area (Å²) in [6.07, 6.45) is 3.79. The summed E-state index contributed by atoms with van der Waals surface area (Å²) in [4.78, 5) is 23.3. The predicted octanol–water partition coefficient (Wildman–Crippen LogP) is 1.01. The fraction of sp³-hybridized carbons (Fsp3) is 0.500. The number of amides is 1. The number of aromatic nitrogens is 1. The molecule has 1 aliphatic heterocycles. The molecule has 0 radical (unpaired) electrons. The number of nitrogens with one attached hydrogen (secondary N) is 1. The fourth-order valence-electron chi connectivity index (χ4n) is 1.81. The van der Waals surface area contributed by atoms with Crippen molar-refractivity contribution in [3.63, 3.8) is 0 Å². The van der Waals surface area contributed by atoms with Crippen LogP contribution in [0, 0.1) is 0 Å². The standard InChI is InChI=1S/C12H16N2O2S/c1-14-5-4-9(7-11(14)15)12(16)13-10-3-2-6-17-8-10/h4-5,7,10H,2-3,6,8H2,1H3,(H,13,16). The van der Waals surface area contributed by atoms with Crippen LogP contribution in [0.5, 0.6) is 0 Å². The summed E-state index contributed by atoms with van der Waals surface area (Å²) in [5.74, 6) is 2.00. The molecule has 1 saturated heterocycles. The Hall–Kier alpha value is -1.23. The zero-order chi connectivity index (χ0) is 12.3. The number of aryl methyl sites for hydroxylation is 1. The summed E-state index contributed by atoms with van der Waals surface area (Å²) < 4.78 is 1.45. The van der Waals surface area contributed by atoms with Crippen LogP contribution in [0.2, 0.25) is 0 Å². The van der Waals surface area contributed by atoms with Gasteiger partial charge in [0.2, 0.25) is 0 Å². The van der Waals surface area contributed by atoms with Crippen molar-refractivity contribution >= 4 is 17.7 Å². The summed E-state index contributed by atoms with van der Waals surface area (Å²) in [6, 6.07) is 3.29. The number of nitrogens with zero attached hydrogens (tertiary/aromatic N) is 1. The van der Waals surface area contributed by atoms with E-state index in [9.17, 15) is 9.59 Å². The molecule has 1 aromatic rings. The van der Waals surface area contributed by atoms with Crippen molar-refractivity contribution in [2.75, 3.05) is 11.5 Å². The molecule has 0 bridgehead atoms. The maximum atomic E-state index is 11.9. The lowest BCUT2D eigenvalue weighted by atomic mass is 10.1. The highest BCUT2D eigenvalue weighted by Gasteiger charge is 2.17. The third-order valence-electron chi connectivity index (χ3n) is 2.86. The highest BCUT2D eigenvalue weighted by atomic mass is 32.2. The van der Waals surface area contributed by atoms with Gasteiger partial charge in [-0.2, -0.15) is 11.8 Å². The first-order valence-corrected chi connectivity index (χ1v) is 6.87. The van der Waals surface area contributed by atoms with Crippen LogP contribution in [0.15, 0.2) is 23.1 Å². The lowest BCUT2D eigenvalue weighted by Gasteiger charge is -2.22.